The van der Waals surface area contributed by atoms with Crippen LogP contribution in [-0.2, 0) is 0 Å². The summed E-state index contributed by atoms with van der Waals surface area (Å²) >= 11 is 4.40. The zero-order chi connectivity index (χ0) is 29.1. The second-order valence-electron chi connectivity index (χ2n) is 8.79. The molecule has 8 bridgehead atoms. The van der Waals surface area contributed by atoms with Crippen molar-refractivity contribution in [2.75, 3.05) is 6.61 Å². The van der Waals surface area contributed by atoms with E-state index in [1.807, 2.05) is 25.1 Å². The van der Waals surface area contributed by atoms with Crippen LogP contribution in [0.15, 0.2) is 93.8 Å². The molecule has 0 saturated heterocycles. The molecule has 4 aromatic carbocycles. The molecule has 0 atom stereocenters. The van der Waals surface area contributed by atoms with E-state index in [9.17, 15) is 29.7 Å². The molecule has 0 radical (unpaired) electrons. The Kier molecular flexibility index (Phi) is 8.88. The van der Waals surface area contributed by atoms with E-state index >= 15 is 0 Å². The van der Waals surface area contributed by atoms with Crippen LogP contribution in [0, 0.1) is 0 Å². The maximum absolute atomic E-state index is 11.9. The third kappa shape index (κ3) is 6.08. The molecule has 208 valence electrons. The van der Waals surface area contributed by atoms with Crippen LogP contribution in [0.5, 0.6) is 23.0 Å². The van der Waals surface area contributed by atoms with Gasteiger partial charge in [-0.05, 0) is 55.0 Å². The maximum atomic E-state index is 11.9. The fourth-order valence-electron chi connectivity index (χ4n) is 3.96. The Morgan fingerprint density at radius 3 is 1.20 bits per heavy atom. The molecule has 0 fully saturated rings. The highest BCUT2D eigenvalue weighted by Gasteiger charge is 2.23. The number of aromatic hydroxyl groups is 3. The summed E-state index contributed by atoms with van der Waals surface area (Å²) in [4.78, 5) is 38.7. The molecule has 0 spiro atoms. The molecule has 4 aromatic rings. The first-order chi connectivity index (χ1) is 19.8. The molecule has 0 aliphatic carbocycles. The standard InChI is InChI=1S/C30H22O7S4/c1-2-6-37-30-19-4-3-5-20(30)39-22-8-17(14-32)10-24(28(22)35)41-26-12-18(15-33)11-25(29(26)36)40-23-9-16(13-31)7-21(38-19)27(23)34/h3-5,7-15,34-36H,2,6H2,1H3. The zero-order valence-corrected chi connectivity index (χ0v) is 24.7. The van der Waals surface area contributed by atoms with E-state index in [1.54, 1.807) is 12.1 Å². The molecule has 1 aliphatic heterocycles. The van der Waals surface area contributed by atoms with E-state index in [0.29, 0.717) is 71.7 Å². The lowest BCUT2D eigenvalue weighted by Crippen LogP contribution is -1.99. The summed E-state index contributed by atoms with van der Waals surface area (Å²) in [6.45, 7) is 2.40. The van der Waals surface area contributed by atoms with Gasteiger partial charge in [-0.15, -0.1) is 0 Å². The van der Waals surface area contributed by atoms with Crippen molar-refractivity contribution in [2.24, 2.45) is 0 Å². The lowest BCUT2D eigenvalue weighted by Gasteiger charge is -2.18. The van der Waals surface area contributed by atoms with E-state index in [1.165, 1.54) is 47.8 Å². The SMILES string of the molecule is CCCOc1c2cccc1Sc1cc(C=O)cc(c1O)Sc1cc(C=O)cc(c1O)Sc1cc(C=O)cc(c1O)S2. The number of fused-ring (bicyclic) bond motifs is 8. The van der Waals surface area contributed by atoms with Crippen molar-refractivity contribution in [2.45, 2.75) is 52.5 Å². The highest BCUT2D eigenvalue weighted by molar-refractivity contribution is 8.01. The first-order valence-corrected chi connectivity index (χ1v) is 15.6. The van der Waals surface area contributed by atoms with E-state index in [-0.39, 0.29) is 32.6 Å². The van der Waals surface area contributed by atoms with Crippen LogP contribution in [0.2, 0.25) is 0 Å². The number of para-hydroxylation sites is 1. The Bertz CT molecular complexity index is 1580. The predicted octanol–water partition coefficient (Wildman–Crippen LogP) is 7.95. The van der Waals surface area contributed by atoms with Gasteiger partial charge in [-0.3, -0.25) is 14.4 Å². The summed E-state index contributed by atoms with van der Waals surface area (Å²) < 4.78 is 6.15. The summed E-state index contributed by atoms with van der Waals surface area (Å²) in [5.41, 5.74) is 0.887. The summed E-state index contributed by atoms with van der Waals surface area (Å²) in [6, 6.07) is 14.6. The van der Waals surface area contributed by atoms with Gasteiger partial charge in [0, 0.05) is 16.7 Å². The number of phenolic OH excluding ortho intramolecular Hbond substituents is 3. The molecule has 0 saturated carbocycles. The number of carbonyl (C=O) groups is 3. The van der Waals surface area contributed by atoms with Crippen molar-refractivity contribution < 1.29 is 34.4 Å². The molecule has 1 heterocycles. The van der Waals surface area contributed by atoms with E-state index in [2.05, 4.69) is 0 Å². The number of hydrogen-bond donors (Lipinski definition) is 3. The number of hydrogen-bond acceptors (Lipinski definition) is 11. The molecule has 0 amide bonds. The number of benzene rings is 4. The summed E-state index contributed by atoms with van der Waals surface area (Å²) in [7, 11) is 0. The molecule has 41 heavy (non-hydrogen) atoms. The molecule has 7 nitrogen and oxygen atoms in total. The van der Waals surface area contributed by atoms with Gasteiger partial charge in [0.2, 0.25) is 0 Å². The van der Waals surface area contributed by atoms with E-state index in [0.717, 1.165) is 29.9 Å². The molecule has 3 N–H and O–H groups in total. The number of aldehydes is 3. The van der Waals surface area contributed by atoms with Crippen LogP contribution >= 0.6 is 47.0 Å². The van der Waals surface area contributed by atoms with Gasteiger partial charge in [0.25, 0.3) is 0 Å². The van der Waals surface area contributed by atoms with Crippen molar-refractivity contribution in [3.8, 4) is 23.0 Å². The van der Waals surface area contributed by atoms with Crippen LogP contribution in [-0.4, -0.2) is 40.8 Å². The minimum atomic E-state index is -0.187. The van der Waals surface area contributed by atoms with Crippen molar-refractivity contribution in [1.29, 1.82) is 0 Å². The molecular formula is C30H22O7S4. The predicted molar refractivity (Wildman–Crippen MR) is 159 cm³/mol. The Balaban J connectivity index is 1.80. The fourth-order valence-corrected chi connectivity index (χ4v) is 8.39. The fraction of sp³-hybridized carbons (Fsp3) is 0.100. The number of ether oxygens (including phenoxy) is 1. The topological polar surface area (TPSA) is 121 Å². The Hall–Kier alpha value is -3.51. The largest absolute Gasteiger partial charge is 0.506 e. The van der Waals surface area contributed by atoms with Gasteiger partial charge in [-0.2, -0.15) is 0 Å². The average molecular weight is 623 g/mol. The molecular weight excluding hydrogens is 601 g/mol. The maximum Gasteiger partial charge on any atom is 0.150 e. The molecule has 1 aliphatic rings. The van der Waals surface area contributed by atoms with Gasteiger partial charge in [0.05, 0.1) is 45.8 Å². The molecule has 0 unspecified atom stereocenters. The van der Waals surface area contributed by atoms with Gasteiger partial charge in [0.15, 0.2) is 0 Å². The van der Waals surface area contributed by atoms with Crippen molar-refractivity contribution in [3.05, 3.63) is 71.3 Å². The smallest absolute Gasteiger partial charge is 0.150 e. The number of rotatable bonds is 6. The minimum absolute atomic E-state index is 0.0965. The lowest BCUT2D eigenvalue weighted by atomic mass is 10.2. The Labute approximate surface area is 252 Å². The zero-order valence-electron chi connectivity index (χ0n) is 21.5. The Morgan fingerprint density at radius 2 is 0.902 bits per heavy atom. The number of phenols is 3. The lowest BCUT2D eigenvalue weighted by molar-refractivity contribution is 0.111. The van der Waals surface area contributed by atoms with Crippen LogP contribution in [0.3, 0.4) is 0 Å². The normalized spacial score (nSPS) is 12.4. The second-order valence-corrected chi connectivity index (χ2v) is 13.1. The third-order valence-corrected chi connectivity index (χ3v) is 10.1. The Morgan fingerprint density at radius 1 is 0.585 bits per heavy atom. The summed E-state index contributed by atoms with van der Waals surface area (Å²) in [5, 5.41) is 33.8. The second kappa shape index (κ2) is 12.6. The van der Waals surface area contributed by atoms with Crippen molar-refractivity contribution in [1.82, 2.24) is 0 Å². The van der Waals surface area contributed by atoms with Gasteiger partial charge in [0.1, 0.15) is 41.9 Å². The highest BCUT2D eigenvalue weighted by Crippen LogP contribution is 2.53. The van der Waals surface area contributed by atoms with Crippen LogP contribution in [0.4, 0.5) is 0 Å². The van der Waals surface area contributed by atoms with Gasteiger partial charge in [-0.1, -0.05) is 60.0 Å². The average Bonchev–Trinajstić information content (AvgIpc) is 2.97. The van der Waals surface area contributed by atoms with Crippen LogP contribution in [0.1, 0.15) is 44.4 Å². The first kappa shape index (κ1) is 29.0. The van der Waals surface area contributed by atoms with Crippen molar-refractivity contribution >= 4 is 65.9 Å². The highest BCUT2D eigenvalue weighted by atomic mass is 32.2. The van der Waals surface area contributed by atoms with E-state index < -0.39 is 0 Å². The molecule has 11 heteroatoms. The van der Waals surface area contributed by atoms with Gasteiger partial charge < -0.3 is 20.1 Å². The van der Waals surface area contributed by atoms with Gasteiger partial charge >= 0.3 is 0 Å². The monoisotopic (exact) mass is 622 g/mol. The summed E-state index contributed by atoms with van der Waals surface area (Å²) in [5.74, 6) is 0.153. The quantitative estimate of drug-likeness (QED) is 0.160. The van der Waals surface area contributed by atoms with Crippen molar-refractivity contribution in [3.63, 3.8) is 0 Å². The van der Waals surface area contributed by atoms with Gasteiger partial charge in [-0.25, -0.2) is 0 Å². The first-order valence-electron chi connectivity index (χ1n) is 12.3. The summed E-state index contributed by atoms with van der Waals surface area (Å²) in [6.07, 6.45) is 2.72. The minimum Gasteiger partial charge on any atom is -0.506 e. The van der Waals surface area contributed by atoms with Crippen LogP contribution < -0.4 is 4.74 Å². The molecule has 5 rings (SSSR count). The van der Waals surface area contributed by atoms with Crippen LogP contribution in [0.25, 0.3) is 0 Å². The van der Waals surface area contributed by atoms with E-state index in [4.69, 9.17) is 4.74 Å². The number of carbonyl (C=O) groups excluding carboxylic acids is 3. The third-order valence-electron chi connectivity index (χ3n) is 5.87. The molecule has 0 aromatic heterocycles.